The van der Waals surface area contributed by atoms with Gasteiger partial charge in [0.2, 0.25) is 0 Å². The lowest BCUT2D eigenvalue weighted by Crippen LogP contribution is -2.36. The Labute approximate surface area is 129 Å². The molecule has 0 aromatic heterocycles. The normalized spacial score (nSPS) is 16.6. The van der Waals surface area contributed by atoms with Crippen molar-refractivity contribution >= 4 is 0 Å². The Hall–Kier alpha value is -1.06. The van der Waals surface area contributed by atoms with Gasteiger partial charge in [0, 0.05) is 13.1 Å². The number of benzene rings is 1. The molecule has 1 fully saturated rings. The van der Waals surface area contributed by atoms with Crippen LogP contribution in [0.1, 0.15) is 42.9 Å². The number of phenols is 1. The van der Waals surface area contributed by atoms with E-state index >= 15 is 0 Å². The molecule has 1 aliphatic heterocycles. The first-order chi connectivity index (χ1) is 10.1. The lowest BCUT2D eigenvalue weighted by Gasteiger charge is -2.30. The second-order valence-electron chi connectivity index (χ2n) is 6.51. The molecule has 1 aromatic carbocycles. The van der Waals surface area contributed by atoms with Crippen molar-refractivity contribution in [2.24, 2.45) is 5.92 Å². The molecule has 0 radical (unpaired) electrons. The molecule has 1 saturated heterocycles. The van der Waals surface area contributed by atoms with Crippen LogP contribution in [0, 0.1) is 19.8 Å². The van der Waals surface area contributed by atoms with E-state index in [1.165, 1.54) is 44.5 Å². The number of nitrogens with one attached hydrogen (secondary N) is 1. The lowest BCUT2D eigenvalue weighted by molar-refractivity contribution is 0.198. The van der Waals surface area contributed by atoms with Gasteiger partial charge < -0.3 is 10.4 Å². The minimum Gasteiger partial charge on any atom is -0.507 e. The van der Waals surface area contributed by atoms with E-state index in [2.05, 4.69) is 29.3 Å². The van der Waals surface area contributed by atoms with Crippen LogP contribution in [0.25, 0.3) is 0 Å². The van der Waals surface area contributed by atoms with Crippen LogP contribution in [0.5, 0.6) is 5.75 Å². The zero-order valence-electron chi connectivity index (χ0n) is 13.8. The Morgan fingerprint density at radius 1 is 1.19 bits per heavy atom. The highest BCUT2D eigenvalue weighted by Crippen LogP contribution is 2.24. The summed E-state index contributed by atoms with van der Waals surface area (Å²) in [5.74, 6) is 1.27. The summed E-state index contributed by atoms with van der Waals surface area (Å²) in [7, 11) is 0. The van der Waals surface area contributed by atoms with Gasteiger partial charge in [-0.1, -0.05) is 19.1 Å². The maximum Gasteiger partial charge on any atom is 0.121 e. The third-order valence-electron chi connectivity index (χ3n) is 4.47. The SMILES string of the molecule is CCCN(Cc1cc(C)c(O)c(C)c1)CC1CCNCC1. The molecule has 2 rings (SSSR count). The van der Waals surface area contributed by atoms with Gasteiger partial charge in [0.1, 0.15) is 5.75 Å². The molecule has 3 nitrogen and oxygen atoms in total. The fraction of sp³-hybridized carbons (Fsp3) is 0.667. The molecule has 0 atom stereocenters. The van der Waals surface area contributed by atoms with Crippen LogP contribution in [0.15, 0.2) is 12.1 Å². The maximum absolute atomic E-state index is 9.91. The summed E-state index contributed by atoms with van der Waals surface area (Å²) >= 11 is 0. The van der Waals surface area contributed by atoms with Crippen LogP contribution in [-0.4, -0.2) is 36.2 Å². The van der Waals surface area contributed by atoms with Gasteiger partial charge in [0.25, 0.3) is 0 Å². The molecule has 0 saturated carbocycles. The van der Waals surface area contributed by atoms with Crippen LogP contribution in [-0.2, 0) is 6.54 Å². The third-order valence-corrected chi connectivity index (χ3v) is 4.47. The quantitative estimate of drug-likeness (QED) is 0.844. The van der Waals surface area contributed by atoms with Crippen molar-refractivity contribution in [2.75, 3.05) is 26.2 Å². The Kier molecular flexibility index (Phi) is 6.07. The highest BCUT2D eigenvalue weighted by atomic mass is 16.3. The first-order valence-corrected chi connectivity index (χ1v) is 8.32. The summed E-state index contributed by atoms with van der Waals surface area (Å²) in [6.07, 6.45) is 3.79. The average molecular weight is 290 g/mol. The fourth-order valence-corrected chi connectivity index (χ4v) is 3.38. The molecule has 1 aliphatic rings. The molecule has 0 spiro atoms. The smallest absolute Gasteiger partial charge is 0.121 e. The Morgan fingerprint density at radius 3 is 2.38 bits per heavy atom. The van der Waals surface area contributed by atoms with Gasteiger partial charge in [0.15, 0.2) is 0 Å². The van der Waals surface area contributed by atoms with Gasteiger partial charge in [-0.25, -0.2) is 0 Å². The highest BCUT2D eigenvalue weighted by Gasteiger charge is 2.17. The van der Waals surface area contributed by atoms with Crippen molar-refractivity contribution in [3.05, 3.63) is 28.8 Å². The predicted octanol–water partition coefficient (Wildman–Crippen LogP) is 3.22. The molecular weight excluding hydrogens is 260 g/mol. The standard InChI is InChI=1S/C18H30N2O/c1-4-9-20(12-16-5-7-19-8-6-16)13-17-10-14(2)18(21)15(3)11-17/h10-11,16,19,21H,4-9,12-13H2,1-3H3. The molecule has 118 valence electrons. The molecular formula is C18H30N2O. The first-order valence-electron chi connectivity index (χ1n) is 8.32. The van der Waals surface area contributed by atoms with Crippen LogP contribution >= 0.6 is 0 Å². The van der Waals surface area contributed by atoms with Crippen molar-refractivity contribution < 1.29 is 5.11 Å². The fourth-order valence-electron chi connectivity index (χ4n) is 3.38. The van der Waals surface area contributed by atoms with Crippen molar-refractivity contribution in [1.82, 2.24) is 10.2 Å². The van der Waals surface area contributed by atoms with Crippen molar-refractivity contribution in [1.29, 1.82) is 0 Å². The van der Waals surface area contributed by atoms with Gasteiger partial charge in [-0.15, -0.1) is 0 Å². The number of hydrogen-bond acceptors (Lipinski definition) is 3. The number of aromatic hydroxyl groups is 1. The Morgan fingerprint density at radius 2 is 1.81 bits per heavy atom. The molecule has 3 heteroatoms. The number of nitrogens with zero attached hydrogens (tertiary/aromatic N) is 1. The molecule has 0 amide bonds. The van der Waals surface area contributed by atoms with E-state index in [9.17, 15) is 5.11 Å². The van der Waals surface area contributed by atoms with E-state index < -0.39 is 0 Å². The number of rotatable bonds is 6. The highest BCUT2D eigenvalue weighted by molar-refractivity contribution is 5.42. The van der Waals surface area contributed by atoms with Crippen LogP contribution < -0.4 is 5.32 Å². The summed E-state index contributed by atoms with van der Waals surface area (Å²) < 4.78 is 0. The minimum absolute atomic E-state index is 0.444. The van der Waals surface area contributed by atoms with E-state index in [1.807, 2.05) is 13.8 Å². The van der Waals surface area contributed by atoms with E-state index in [0.717, 1.165) is 30.1 Å². The Bertz CT molecular complexity index is 430. The molecule has 1 heterocycles. The molecule has 21 heavy (non-hydrogen) atoms. The van der Waals surface area contributed by atoms with Crippen LogP contribution in [0.2, 0.25) is 0 Å². The zero-order chi connectivity index (χ0) is 15.2. The molecule has 0 aliphatic carbocycles. The van der Waals surface area contributed by atoms with E-state index in [1.54, 1.807) is 0 Å². The van der Waals surface area contributed by atoms with Crippen LogP contribution in [0.4, 0.5) is 0 Å². The Balaban J connectivity index is 2.01. The first kappa shape index (κ1) is 16.3. The van der Waals surface area contributed by atoms with Crippen LogP contribution in [0.3, 0.4) is 0 Å². The van der Waals surface area contributed by atoms with E-state index in [-0.39, 0.29) is 0 Å². The summed E-state index contributed by atoms with van der Waals surface area (Å²) in [4.78, 5) is 2.58. The molecule has 0 bridgehead atoms. The van der Waals surface area contributed by atoms with Gasteiger partial charge in [-0.05, 0) is 75.4 Å². The van der Waals surface area contributed by atoms with Gasteiger partial charge >= 0.3 is 0 Å². The zero-order valence-corrected chi connectivity index (χ0v) is 13.8. The minimum atomic E-state index is 0.444. The predicted molar refractivity (Wildman–Crippen MR) is 88.7 cm³/mol. The van der Waals surface area contributed by atoms with Crippen molar-refractivity contribution in [3.8, 4) is 5.75 Å². The topological polar surface area (TPSA) is 35.5 Å². The number of hydrogen-bond donors (Lipinski definition) is 2. The van der Waals surface area contributed by atoms with E-state index in [0.29, 0.717) is 5.75 Å². The summed E-state index contributed by atoms with van der Waals surface area (Å²) in [6.45, 7) is 11.9. The monoisotopic (exact) mass is 290 g/mol. The summed E-state index contributed by atoms with van der Waals surface area (Å²) in [6, 6.07) is 4.26. The van der Waals surface area contributed by atoms with Gasteiger partial charge in [0.05, 0.1) is 0 Å². The largest absolute Gasteiger partial charge is 0.507 e. The number of aryl methyl sites for hydroxylation is 2. The number of piperidine rings is 1. The summed E-state index contributed by atoms with van der Waals surface area (Å²) in [5, 5.41) is 13.4. The van der Waals surface area contributed by atoms with Gasteiger partial charge in [-0.3, -0.25) is 4.90 Å². The molecule has 1 aromatic rings. The van der Waals surface area contributed by atoms with E-state index in [4.69, 9.17) is 0 Å². The second-order valence-corrected chi connectivity index (χ2v) is 6.51. The second kappa shape index (κ2) is 7.81. The molecule has 0 unspecified atom stereocenters. The summed E-state index contributed by atoms with van der Waals surface area (Å²) in [5.41, 5.74) is 3.30. The number of phenolic OH excluding ortho intramolecular Hbond substituents is 1. The average Bonchev–Trinajstić information content (AvgIpc) is 2.46. The lowest BCUT2D eigenvalue weighted by atomic mass is 9.97. The van der Waals surface area contributed by atoms with Crippen molar-refractivity contribution in [3.63, 3.8) is 0 Å². The van der Waals surface area contributed by atoms with Gasteiger partial charge in [-0.2, -0.15) is 0 Å². The molecule has 2 N–H and O–H groups in total. The third kappa shape index (κ3) is 4.72. The maximum atomic E-state index is 9.91. The van der Waals surface area contributed by atoms with Crippen molar-refractivity contribution in [2.45, 2.75) is 46.6 Å².